The summed E-state index contributed by atoms with van der Waals surface area (Å²) in [6, 6.07) is 5.63. The number of fused-ring (bicyclic) bond motifs is 1. The van der Waals surface area contributed by atoms with E-state index in [2.05, 4.69) is 6.92 Å². The summed E-state index contributed by atoms with van der Waals surface area (Å²) >= 11 is 0. The van der Waals surface area contributed by atoms with Crippen LogP contribution in [0, 0.1) is 5.92 Å². The first-order valence-corrected chi connectivity index (χ1v) is 9.42. The zero-order valence-electron chi connectivity index (χ0n) is 16.3. The van der Waals surface area contributed by atoms with Crippen molar-refractivity contribution >= 4 is 11.9 Å². The smallest absolute Gasteiger partial charge is 0.315 e. The molecule has 0 saturated carbocycles. The van der Waals surface area contributed by atoms with Crippen LogP contribution in [0.1, 0.15) is 70.1 Å². The van der Waals surface area contributed by atoms with Crippen LogP contribution in [0.2, 0.25) is 0 Å². The molecule has 2 rings (SSSR count). The quantitative estimate of drug-likeness (QED) is 0.725. The van der Waals surface area contributed by atoms with Crippen LogP contribution in [0.15, 0.2) is 18.2 Å². The van der Waals surface area contributed by atoms with Crippen LogP contribution >= 0.6 is 0 Å². The molecule has 0 bridgehead atoms. The van der Waals surface area contributed by atoms with Gasteiger partial charge in [-0.05, 0) is 56.2 Å². The van der Waals surface area contributed by atoms with Crippen LogP contribution < -0.4 is 5.73 Å². The number of nitrogens with two attached hydrogens (primary N) is 1. The standard InChI is InChI=1S/C21H31NO4/c1-5-6-9-15-11-16-14(13-22)8-7-10-17(16)21(15,19(24)25)12-18(23)26-20(2,3)4/h7-8,10,15H,5-6,9,11-13,22H2,1-4H3,(H,24,25)/t15-,21-/m0/s1. The Morgan fingerprint density at radius 2 is 2.04 bits per heavy atom. The fourth-order valence-corrected chi connectivity index (χ4v) is 4.13. The summed E-state index contributed by atoms with van der Waals surface area (Å²) in [6.07, 6.45) is 3.19. The van der Waals surface area contributed by atoms with E-state index in [9.17, 15) is 14.7 Å². The van der Waals surface area contributed by atoms with Gasteiger partial charge in [0.2, 0.25) is 0 Å². The molecular weight excluding hydrogens is 330 g/mol. The topological polar surface area (TPSA) is 89.6 Å². The summed E-state index contributed by atoms with van der Waals surface area (Å²) in [5.74, 6) is -1.54. The third-order valence-corrected chi connectivity index (χ3v) is 5.25. The molecule has 1 aromatic carbocycles. The number of carboxylic acids is 1. The zero-order chi connectivity index (χ0) is 19.5. The molecule has 2 atom stereocenters. The van der Waals surface area contributed by atoms with Gasteiger partial charge in [0.05, 0.1) is 6.42 Å². The Morgan fingerprint density at radius 1 is 1.35 bits per heavy atom. The highest BCUT2D eigenvalue weighted by Crippen LogP contribution is 2.49. The fraction of sp³-hybridized carbons (Fsp3) is 0.619. The van der Waals surface area contributed by atoms with Gasteiger partial charge >= 0.3 is 11.9 Å². The normalized spacial score (nSPS) is 22.1. The minimum absolute atomic E-state index is 0.129. The molecule has 0 unspecified atom stereocenters. The monoisotopic (exact) mass is 361 g/mol. The van der Waals surface area contributed by atoms with E-state index in [1.54, 1.807) is 20.8 Å². The molecule has 0 heterocycles. The third kappa shape index (κ3) is 3.93. The van der Waals surface area contributed by atoms with Crippen molar-refractivity contribution in [3.8, 4) is 0 Å². The minimum Gasteiger partial charge on any atom is -0.481 e. The molecule has 144 valence electrons. The number of ether oxygens (including phenoxy) is 1. The van der Waals surface area contributed by atoms with E-state index in [-0.39, 0.29) is 12.3 Å². The molecule has 5 heteroatoms. The number of unbranched alkanes of at least 4 members (excludes halogenated alkanes) is 1. The van der Waals surface area contributed by atoms with Crippen molar-refractivity contribution in [2.45, 2.75) is 77.4 Å². The van der Waals surface area contributed by atoms with Crippen molar-refractivity contribution < 1.29 is 19.4 Å². The van der Waals surface area contributed by atoms with Crippen molar-refractivity contribution in [3.63, 3.8) is 0 Å². The van der Waals surface area contributed by atoms with Gasteiger partial charge in [0, 0.05) is 6.54 Å². The lowest BCUT2D eigenvalue weighted by molar-refractivity contribution is -0.162. The summed E-state index contributed by atoms with van der Waals surface area (Å²) < 4.78 is 5.47. The van der Waals surface area contributed by atoms with Crippen LogP contribution in [-0.2, 0) is 32.7 Å². The molecule has 1 aliphatic carbocycles. The van der Waals surface area contributed by atoms with Gasteiger partial charge in [0.1, 0.15) is 11.0 Å². The van der Waals surface area contributed by atoms with Gasteiger partial charge in [-0.2, -0.15) is 0 Å². The molecule has 5 nitrogen and oxygen atoms in total. The van der Waals surface area contributed by atoms with E-state index in [4.69, 9.17) is 10.5 Å². The largest absolute Gasteiger partial charge is 0.481 e. The average Bonchev–Trinajstić information content (AvgIpc) is 2.85. The predicted octanol–water partition coefficient (Wildman–Crippen LogP) is 3.56. The van der Waals surface area contributed by atoms with Crippen LogP contribution in [0.25, 0.3) is 0 Å². The summed E-state index contributed by atoms with van der Waals surface area (Å²) in [4.78, 5) is 25.1. The summed E-state index contributed by atoms with van der Waals surface area (Å²) in [5.41, 5.74) is 6.70. The van der Waals surface area contributed by atoms with E-state index < -0.39 is 23.0 Å². The highest BCUT2D eigenvalue weighted by Gasteiger charge is 2.54. The SMILES string of the molecule is CCCC[C@H]1Cc2c(CN)cccc2[C@@]1(CC(=O)OC(C)(C)C)C(=O)O. The number of rotatable bonds is 7. The van der Waals surface area contributed by atoms with Crippen LogP contribution in [0.5, 0.6) is 0 Å². The van der Waals surface area contributed by atoms with Crippen molar-refractivity contribution in [2.24, 2.45) is 11.7 Å². The minimum atomic E-state index is -1.24. The molecule has 0 aliphatic heterocycles. The number of esters is 1. The number of carbonyl (C=O) groups is 2. The van der Waals surface area contributed by atoms with Crippen molar-refractivity contribution in [1.82, 2.24) is 0 Å². The molecule has 0 radical (unpaired) electrons. The molecule has 26 heavy (non-hydrogen) atoms. The van der Waals surface area contributed by atoms with E-state index in [1.165, 1.54) is 0 Å². The maximum absolute atomic E-state index is 12.6. The molecule has 0 saturated heterocycles. The fourth-order valence-electron chi connectivity index (χ4n) is 4.13. The second kappa shape index (κ2) is 7.78. The van der Waals surface area contributed by atoms with Gasteiger partial charge in [-0.25, -0.2) is 0 Å². The van der Waals surface area contributed by atoms with E-state index in [0.29, 0.717) is 13.0 Å². The lowest BCUT2D eigenvalue weighted by atomic mass is 9.70. The summed E-state index contributed by atoms with van der Waals surface area (Å²) in [6.45, 7) is 7.83. The molecule has 1 aliphatic rings. The number of carbonyl (C=O) groups excluding carboxylic acids is 1. The molecule has 0 spiro atoms. The van der Waals surface area contributed by atoms with Gasteiger partial charge in [0.25, 0.3) is 0 Å². The third-order valence-electron chi connectivity index (χ3n) is 5.25. The Morgan fingerprint density at radius 3 is 2.58 bits per heavy atom. The Labute approximate surface area is 155 Å². The second-order valence-corrected chi connectivity index (χ2v) is 8.23. The van der Waals surface area contributed by atoms with Gasteiger partial charge < -0.3 is 15.6 Å². The van der Waals surface area contributed by atoms with Crippen LogP contribution in [0.3, 0.4) is 0 Å². The maximum Gasteiger partial charge on any atom is 0.315 e. The summed E-state index contributed by atoms with van der Waals surface area (Å²) in [7, 11) is 0. The van der Waals surface area contributed by atoms with Gasteiger partial charge in [-0.1, -0.05) is 38.0 Å². The molecule has 3 N–H and O–H groups in total. The molecular formula is C21H31NO4. The van der Waals surface area contributed by atoms with Gasteiger partial charge in [0.15, 0.2) is 0 Å². The average molecular weight is 361 g/mol. The van der Waals surface area contributed by atoms with Gasteiger partial charge in [-0.3, -0.25) is 9.59 Å². The Balaban J connectivity index is 2.51. The zero-order valence-corrected chi connectivity index (χ0v) is 16.3. The number of benzene rings is 1. The molecule has 1 aromatic rings. The lowest BCUT2D eigenvalue weighted by Gasteiger charge is -2.33. The first-order chi connectivity index (χ1) is 12.2. The highest BCUT2D eigenvalue weighted by molar-refractivity contribution is 5.89. The number of carboxylic acid groups (broad SMARTS) is 1. The predicted molar refractivity (Wildman–Crippen MR) is 101 cm³/mol. The lowest BCUT2D eigenvalue weighted by Crippen LogP contribution is -2.43. The first kappa shape index (κ1) is 20.4. The molecule has 0 fully saturated rings. The van der Waals surface area contributed by atoms with Crippen LogP contribution in [-0.4, -0.2) is 22.6 Å². The highest BCUT2D eigenvalue weighted by atomic mass is 16.6. The first-order valence-electron chi connectivity index (χ1n) is 9.42. The Hall–Kier alpha value is -1.88. The van der Waals surface area contributed by atoms with E-state index in [0.717, 1.165) is 36.0 Å². The maximum atomic E-state index is 12.6. The van der Waals surface area contributed by atoms with Crippen molar-refractivity contribution in [1.29, 1.82) is 0 Å². The Bertz CT molecular complexity index is 677. The molecule has 0 aromatic heterocycles. The Kier molecular flexibility index (Phi) is 6.12. The van der Waals surface area contributed by atoms with Crippen molar-refractivity contribution in [3.05, 3.63) is 34.9 Å². The van der Waals surface area contributed by atoms with Gasteiger partial charge in [-0.15, -0.1) is 0 Å². The number of aliphatic carboxylic acids is 1. The van der Waals surface area contributed by atoms with Crippen LogP contribution in [0.4, 0.5) is 0 Å². The van der Waals surface area contributed by atoms with E-state index >= 15 is 0 Å². The number of hydrogen-bond donors (Lipinski definition) is 2. The number of hydrogen-bond acceptors (Lipinski definition) is 4. The molecule has 0 amide bonds. The van der Waals surface area contributed by atoms with E-state index in [1.807, 2.05) is 18.2 Å². The second-order valence-electron chi connectivity index (χ2n) is 8.23. The van der Waals surface area contributed by atoms with Crippen molar-refractivity contribution in [2.75, 3.05) is 0 Å². The summed E-state index contributed by atoms with van der Waals surface area (Å²) in [5, 5.41) is 10.3.